The first kappa shape index (κ1) is 21.1. The summed E-state index contributed by atoms with van der Waals surface area (Å²) in [4.78, 5) is 7.70. The second-order valence-electron chi connectivity index (χ2n) is 5.13. The van der Waals surface area contributed by atoms with Crippen molar-refractivity contribution in [3.63, 3.8) is 0 Å². The molecule has 0 amide bonds. The Morgan fingerprint density at radius 3 is 2.71 bits per heavy atom. The van der Waals surface area contributed by atoms with E-state index in [0.717, 1.165) is 24.9 Å². The van der Waals surface area contributed by atoms with Crippen LogP contribution in [0.5, 0.6) is 5.88 Å². The molecule has 0 aliphatic heterocycles. The predicted octanol–water partition coefficient (Wildman–Crippen LogP) is 3.47. The summed E-state index contributed by atoms with van der Waals surface area (Å²) in [6.45, 7) is 0.899. The van der Waals surface area contributed by atoms with Crippen LogP contribution in [0.25, 0.3) is 0 Å². The molecule has 1 aromatic heterocycles. The van der Waals surface area contributed by atoms with Gasteiger partial charge in [0.05, 0.1) is 12.2 Å². The minimum atomic E-state index is -4.47. The molecular formula is C14H19ClF3IN4O. The number of alkyl halides is 3. The Labute approximate surface area is 160 Å². The number of rotatable bonds is 6. The monoisotopic (exact) mass is 478 g/mol. The zero-order chi connectivity index (χ0) is 16.9. The Hall–Kier alpha value is -0.970. The van der Waals surface area contributed by atoms with Gasteiger partial charge in [0, 0.05) is 25.8 Å². The van der Waals surface area contributed by atoms with Crippen molar-refractivity contribution in [2.24, 2.45) is 4.99 Å². The van der Waals surface area contributed by atoms with Gasteiger partial charge in [0.25, 0.3) is 0 Å². The maximum absolute atomic E-state index is 12.5. The van der Waals surface area contributed by atoms with Crippen LogP contribution in [-0.4, -0.2) is 37.2 Å². The number of hydrogen-bond acceptors (Lipinski definition) is 3. The molecule has 5 nitrogen and oxygen atoms in total. The summed E-state index contributed by atoms with van der Waals surface area (Å²) in [6, 6.07) is 1.32. The summed E-state index contributed by atoms with van der Waals surface area (Å²) in [5.74, 6) is 0.735. The van der Waals surface area contributed by atoms with Gasteiger partial charge in [-0.15, -0.1) is 24.0 Å². The molecule has 2 rings (SSSR count). The fourth-order valence-electron chi connectivity index (χ4n) is 1.75. The lowest BCUT2D eigenvalue weighted by atomic mass is 10.3. The standard InChI is InChI=1S/C14H18ClF3N4O.HI/c1-19-13(22-10-3-4-10)20-5-2-6-23-12-11(15)7-9(8-21-12)14(16,17)18;/h7-8,10H,2-6H2,1H3,(H2,19,20,22);1H. The molecule has 1 aliphatic rings. The molecule has 0 bridgehead atoms. The highest BCUT2D eigenvalue weighted by Gasteiger charge is 2.31. The van der Waals surface area contributed by atoms with Gasteiger partial charge in [-0.3, -0.25) is 4.99 Å². The second-order valence-corrected chi connectivity index (χ2v) is 5.54. The zero-order valence-corrected chi connectivity index (χ0v) is 16.1. The van der Waals surface area contributed by atoms with Crippen LogP contribution < -0.4 is 15.4 Å². The van der Waals surface area contributed by atoms with Crippen LogP contribution in [0.1, 0.15) is 24.8 Å². The number of guanidine groups is 1. The summed E-state index contributed by atoms with van der Waals surface area (Å²) in [6.07, 6.45) is -0.821. The first-order valence-corrected chi connectivity index (χ1v) is 7.60. The molecule has 1 saturated carbocycles. The Morgan fingerprint density at radius 2 is 2.17 bits per heavy atom. The average Bonchev–Trinajstić information content (AvgIpc) is 3.30. The largest absolute Gasteiger partial charge is 0.477 e. The van der Waals surface area contributed by atoms with E-state index in [1.807, 2.05) is 0 Å². The van der Waals surface area contributed by atoms with Gasteiger partial charge in [-0.05, 0) is 25.3 Å². The maximum Gasteiger partial charge on any atom is 0.417 e. The number of halogens is 5. The van der Waals surface area contributed by atoms with Crippen molar-refractivity contribution in [1.82, 2.24) is 15.6 Å². The number of aliphatic imine (C=N–C) groups is 1. The molecule has 0 unspecified atom stereocenters. The van der Waals surface area contributed by atoms with E-state index in [1.54, 1.807) is 7.05 Å². The molecule has 0 saturated heterocycles. The van der Waals surface area contributed by atoms with E-state index in [0.29, 0.717) is 25.2 Å². The Bertz CT molecular complexity index is 567. The SMILES string of the molecule is CN=C(NCCCOc1ncc(C(F)(F)F)cc1Cl)NC1CC1.I. The number of nitrogens with one attached hydrogen (secondary N) is 2. The van der Waals surface area contributed by atoms with E-state index in [2.05, 4.69) is 20.6 Å². The lowest BCUT2D eigenvalue weighted by molar-refractivity contribution is -0.137. The van der Waals surface area contributed by atoms with Crippen LogP contribution in [0.4, 0.5) is 13.2 Å². The summed E-state index contributed by atoms with van der Waals surface area (Å²) in [5, 5.41) is 6.21. The van der Waals surface area contributed by atoms with Gasteiger partial charge in [0.2, 0.25) is 5.88 Å². The van der Waals surface area contributed by atoms with Crippen molar-refractivity contribution in [3.8, 4) is 5.88 Å². The van der Waals surface area contributed by atoms with Crippen molar-refractivity contribution in [2.75, 3.05) is 20.2 Å². The van der Waals surface area contributed by atoms with Crippen molar-refractivity contribution >= 4 is 41.5 Å². The summed E-state index contributed by atoms with van der Waals surface area (Å²) in [7, 11) is 1.69. The van der Waals surface area contributed by atoms with Crippen LogP contribution in [0.15, 0.2) is 17.3 Å². The quantitative estimate of drug-likeness (QED) is 0.285. The van der Waals surface area contributed by atoms with Crippen molar-refractivity contribution in [2.45, 2.75) is 31.5 Å². The average molecular weight is 479 g/mol. The smallest absolute Gasteiger partial charge is 0.417 e. The fraction of sp³-hybridized carbons (Fsp3) is 0.571. The Balaban J connectivity index is 0.00000288. The number of hydrogen-bond donors (Lipinski definition) is 2. The molecule has 136 valence electrons. The van der Waals surface area contributed by atoms with Crippen LogP contribution >= 0.6 is 35.6 Å². The molecule has 1 fully saturated rings. The number of pyridine rings is 1. The first-order chi connectivity index (χ1) is 10.9. The molecule has 1 aromatic rings. The third-order valence-corrected chi connectivity index (χ3v) is 3.40. The molecule has 2 N–H and O–H groups in total. The number of nitrogens with zero attached hydrogens (tertiary/aromatic N) is 2. The number of ether oxygens (including phenoxy) is 1. The third kappa shape index (κ3) is 6.88. The predicted molar refractivity (Wildman–Crippen MR) is 97.3 cm³/mol. The Morgan fingerprint density at radius 1 is 1.46 bits per heavy atom. The van der Waals surface area contributed by atoms with Crippen LogP contribution in [0, 0.1) is 0 Å². The molecule has 1 aliphatic carbocycles. The minimum absolute atomic E-state index is 0. The highest BCUT2D eigenvalue weighted by Crippen LogP contribution is 2.33. The van der Waals surface area contributed by atoms with Gasteiger partial charge >= 0.3 is 6.18 Å². The van der Waals surface area contributed by atoms with Crippen molar-refractivity contribution < 1.29 is 17.9 Å². The maximum atomic E-state index is 12.5. The minimum Gasteiger partial charge on any atom is -0.477 e. The molecule has 0 radical (unpaired) electrons. The molecule has 0 atom stereocenters. The molecular weight excluding hydrogens is 460 g/mol. The van der Waals surface area contributed by atoms with Crippen molar-refractivity contribution in [1.29, 1.82) is 0 Å². The van der Waals surface area contributed by atoms with Gasteiger partial charge in [-0.2, -0.15) is 13.2 Å². The zero-order valence-electron chi connectivity index (χ0n) is 13.0. The van der Waals surface area contributed by atoms with E-state index >= 15 is 0 Å². The van der Waals surface area contributed by atoms with Crippen LogP contribution in [0.2, 0.25) is 5.02 Å². The molecule has 0 spiro atoms. The topological polar surface area (TPSA) is 58.5 Å². The highest BCUT2D eigenvalue weighted by molar-refractivity contribution is 14.0. The van der Waals surface area contributed by atoms with Gasteiger partial charge in [-0.25, -0.2) is 4.98 Å². The summed E-state index contributed by atoms with van der Waals surface area (Å²) in [5.41, 5.74) is -0.897. The molecule has 0 aromatic carbocycles. The second kappa shape index (κ2) is 9.50. The fourth-order valence-corrected chi connectivity index (χ4v) is 1.97. The highest BCUT2D eigenvalue weighted by atomic mass is 127. The van der Waals surface area contributed by atoms with Gasteiger partial charge in [0.1, 0.15) is 5.02 Å². The molecule has 24 heavy (non-hydrogen) atoms. The van der Waals surface area contributed by atoms with Gasteiger partial charge in [-0.1, -0.05) is 11.6 Å². The summed E-state index contributed by atoms with van der Waals surface area (Å²) < 4.78 is 42.8. The van der Waals surface area contributed by atoms with Crippen molar-refractivity contribution in [3.05, 3.63) is 22.8 Å². The van der Waals surface area contributed by atoms with Crippen LogP contribution in [0.3, 0.4) is 0 Å². The Kier molecular flexibility index (Phi) is 8.34. The lowest BCUT2D eigenvalue weighted by Crippen LogP contribution is -2.39. The van der Waals surface area contributed by atoms with Gasteiger partial charge < -0.3 is 15.4 Å². The van der Waals surface area contributed by atoms with E-state index in [-0.39, 0.29) is 41.5 Å². The van der Waals surface area contributed by atoms with E-state index in [9.17, 15) is 13.2 Å². The third-order valence-electron chi connectivity index (χ3n) is 3.13. The lowest BCUT2D eigenvalue weighted by Gasteiger charge is -2.12. The van der Waals surface area contributed by atoms with E-state index < -0.39 is 11.7 Å². The van der Waals surface area contributed by atoms with Gasteiger partial charge in [0.15, 0.2) is 5.96 Å². The van der Waals surface area contributed by atoms with E-state index in [4.69, 9.17) is 16.3 Å². The van der Waals surface area contributed by atoms with Crippen LogP contribution in [-0.2, 0) is 6.18 Å². The first-order valence-electron chi connectivity index (χ1n) is 7.23. The normalized spacial score (nSPS) is 14.8. The number of aromatic nitrogens is 1. The van der Waals surface area contributed by atoms with E-state index in [1.165, 1.54) is 0 Å². The summed E-state index contributed by atoms with van der Waals surface area (Å²) >= 11 is 5.75. The molecule has 10 heteroatoms. The molecule has 1 heterocycles.